The highest BCUT2D eigenvalue weighted by atomic mass is 14.1. The Hall–Kier alpha value is -0.780. The van der Waals surface area contributed by atoms with Crippen molar-refractivity contribution in [3.05, 3.63) is 36.5 Å². The van der Waals surface area contributed by atoms with E-state index in [1.54, 1.807) is 0 Å². The standard InChI is InChI=1S/C16H28/c1-6-9-10-12-16(15(5)8-3)13-14(4)11-7-2/h8,10,12-13,15-16H,3,6-7,9,11H2,1-2,4-5H3. The molecule has 16 heavy (non-hydrogen) atoms. The van der Waals surface area contributed by atoms with Crippen molar-refractivity contribution in [3.63, 3.8) is 0 Å². The van der Waals surface area contributed by atoms with E-state index >= 15 is 0 Å². The third-order valence-electron chi connectivity index (χ3n) is 2.91. The molecule has 92 valence electrons. The molecule has 0 N–H and O–H groups in total. The minimum atomic E-state index is 0.524. The number of unbranched alkanes of at least 4 members (excludes halogenated alkanes) is 1. The van der Waals surface area contributed by atoms with Crippen LogP contribution >= 0.6 is 0 Å². The molecule has 0 nitrogen and oxygen atoms in total. The molecule has 0 saturated heterocycles. The van der Waals surface area contributed by atoms with E-state index in [4.69, 9.17) is 0 Å². The highest BCUT2D eigenvalue weighted by molar-refractivity contribution is 5.10. The Morgan fingerprint density at radius 1 is 1.25 bits per heavy atom. The van der Waals surface area contributed by atoms with Crippen LogP contribution in [0.5, 0.6) is 0 Å². The Morgan fingerprint density at radius 2 is 1.94 bits per heavy atom. The predicted molar refractivity (Wildman–Crippen MR) is 75.6 cm³/mol. The Kier molecular flexibility index (Phi) is 8.99. The Labute approximate surface area is 102 Å². The minimum absolute atomic E-state index is 0.524. The first-order chi connectivity index (χ1) is 7.65. The fraction of sp³-hybridized carbons (Fsp3) is 0.625. The van der Waals surface area contributed by atoms with E-state index in [1.807, 2.05) is 0 Å². The molecule has 0 aliphatic carbocycles. The molecule has 0 spiro atoms. The first-order valence-electron chi connectivity index (χ1n) is 6.62. The third kappa shape index (κ3) is 6.66. The summed E-state index contributed by atoms with van der Waals surface area (Å²) < 4.78 is 0. The van der Waals surface area contributed by atoms with Crippen molar-refractivity contribution in [1.82, 2.24) is 0 Å². The second-order valence-corrected chi connectivity index (χ2v) is 4.65. The second-order valence-electron chi connectivity index (χ2n) is 4.65. The summed E-state index contributed by atoms with van der Waals surface area (Å²) in [5.41, 5.74) is 1.50. The van der Waals surface area contributed by atoms with Crippen LogP contribution in [0.2, 0.25) is 0 Å². The Morgan fingerprint density at radius 3 is 2.44 bits per heavy atom. The fourth-order valence-corrected chi connectivity index (χ4v) is 1.77. The highest BCUT2D eigenvalue weighted by Gasteiger charge is 2.08. The van der Waals surface area contributed by atoms with E-state index in [2.05, 4.69) is 58.6 Å². The molecule has 0 aromatic rings. The molecule has 0 aliphatic heterocycles. The molecule has 0 rings (SSSR count). The van der Waals surface area contributed by atoms with E-state index in [-0.39, 0.29) is 0 Å². The minimum Gasteiger partial charge on any atom is -0.103 e. The van der Waals surface area contributed by atoms with Gasteiger partial charge in [0.1, 0.15) is 0 Å². The number of rotatable bonds is 8. The zero-order chi connectivity index (χ0) is 12.4. The van der Waals surface area contributed by atoms with Gasteiger partial charge in [-0.05, 0) is 25.7 Å². The van der Waals surface area contributed by atoms with Gasteiger partial charge >= 0.3 is 0 Å². The summed E-state index contributed by atoms with van der Waals surface area (Å²) in [5, 5.41) is 0. The molecular weight excluding hydrogens is 192 g/mol. The van der Waals surface area contributed by atoms with Gasteiger partial charge < -0.3 is 0 Å². The van der Waals surface area contributed by atoms with Crippen molar-refractivity contribution in [2.75, 3.05) is 0 Å². The maximum atomic E-state index is 3.90. The smallest absolute Gasteiger partial charge is 0.000919 e. The monoisotopic (exact) mass is 220 g/mol. The summed E-state index contributed by atoms with van der Waals surface area (Å²) in [5.74, 6) is 1.05. The molecule has 0 aliphatic rings. The summed E-state index contributed by atoms with van der Waals surface area (Å²) in [4.78, 5) is 0. The van der Waals surface area contributed by atoms with Gasteiger partial charge in [0, 0.05) is 5.92 Å². The van der Waals surface area contributed by atoms with Gasteiger partial charge in [-0.1, -0.05) is 63.5 Å². The highest BCUT2D eigenvalue weighted by Crippen LogP contribution is 2.19. The number of allylic oxidation sites excluding steroid dienone is 5. The zero-order valence-electron chi connectivity index (χ0n) is 11.5. The summed E-state index contributed by atoms with van der Waals surface area (Å²) in [6.07, 6.45) is 14.0. The SMILES string of the molecule is C=CC(C)C(C=CCCC)C=C(C)CCC. The molecule has 0 heterocycles. The first kappa shape index (κ1) is 15.2. The van der Waals surface area contributed by atoms with Crippen molar-refractivity contribution in [3.8, 4) is 0 Å². The van der Waals surface area contributed by atoms with Crippen LogP contribution in [0, 0.1) is 11.8 Å². The average Bonchev–Trinajstić information content (AvgIpc) is 2.27. The van der Waals surface area contributed by atoms with Gasteiger partial charge in [0.15, 0.2) is 0 Å². The van der Waals surface area contributed by atoms with Gasteiger partial charge in [-0.2, -0.15) is 0 Å². The molecule has 0 aromatic carbocycles. The Bertz CT molecular complexity index is 232. The van der Waals surface area contributed by atoms with Crippen molar-refractivity contribution < 1.29 is 0 Å². The van der Waals surface area contributed by atoms with Gasteiger partial charge in [0.2, 0.25) is 0 Å². The summed E-state index contributed by atoms with van der Waals surface area (Å²) in [7, 11) is 0. The zero-order valence-corrected chi connectivity index (χ0v) is 11.5. The molecular formula is C16H28. The average molecular weight is 220 g/mol. The largest absolute Gasteiger partial charge is 0.103 e. The van der Waals surface area contributed by atoms with Gasteiger partial charge in [0.25, 0.3) is 0 Å². The van der Waals surface area contributed by atoms with Gasteiger partial charge in [-0.15, -0.1) is 6.58 Å². The van der Waals surface area contributed by atoms with Gasteiger partial charge in [-0.25, -0.2) is 0 Å². The van der Waals surface area contributed by atoms with Crippen LogP contribution in [0.3, 0.4) is 0 Å². The van der Waals surface area contributed by atoms with Crippen LogP contribution in [0.4, 0.5) is 0 Å². The third-order valence-corrected chi connectivity index (χ3v) is 2.91. The van der Waals surface area contributed by atoms with Crippen LogP contribution < -0.4 is 0 Å². The molecule has 2 unspecified atom stereocenters. The molecule has 0 aromatic heterocycles. The molecule has 2 atom stereocenters. The van der Waals surface area contributed by atoms with E-state index in [0.29, 0.717) is 11.8 Å². The van der Waals surface area contributed by atoms with E-state index in [0.717, 1.165) is 0 Å². The maximum Gasteiger partial charge on any atom is 0.000919 e. The van der Waals surface area contributed by atoms with E-state index in [1.165, 1.54) is 31.3 Å². The summed E-state index contributed by atoms with van der Waals surface area (Å²) in [6, 6.07) is 0. The first-order valence-corrected chi connectivity index (χ1v) is 6.62. The number of hydrogen-bond donors (Lipinski definition) is 0. The maximum absolute atomic E-state index is 3.90. The predicted octanol–water partition coefficient (Wildman–Crippen LogP) is 5.53. The lowest BCUT2D eigenvalue weighted by atomic mass is 9.90. The van der Waals surface area contributed by atoms with Crippen LogP contribution in [0.15, 0.2) is 36.5 Å². The molecule has 0 bridgehead atoms. The lowest BCUT2D eigenvalue weighted by Crippen LogP contribution is -2.04. The quantitative estimate of drug-likeness (QED) is 0.472. The van der Waals surface area contributed by atoms with E-state index in [9.17, 15) is 0 Å². The molecule has 0 saturated carbocycles. The lowest BCUT2D eigenvalue weighted by molar-refractivity contribution is 0.605. The molecule has 0 amide bonds. The van der Waals surface area contributed by atoms with Crippen molar-refractivity contribution in [2.24, 2.45) is 11.8 Å². The summed E-state index contributed by atoms with van der Waals surface area (Å²) >= 11 is 0. The summed E-state index contributed by atoms with van der Waals surface area (Å²) in [6.45, 7) is 12.8. The van der Waals surface area contributed by atoms with Gasteiger partial charge in [0.05, 0.1) is 0 Å². The molecule has 0 radical (unpaired) electrons. The van der Waals surface area contributed by atoms with Crippen LogP contribution in [0.1, 0.15) is 53.4 Å². The normalized spacial score (nSPS) is 16.4. The van der Waals surface area contributed by atoms with Crippen LogP contribution in [-0.4, -0.2) is 0 Å². The molecule has 0 fully saturated rings. The Balaban J connectivity index is 4.53. The fourth-order valence-electron chi connectivity index (χ4n) is 1.77. The number of hydrogen-bond acceptors (Lipinski definition) is 0. The second kappa shape index (κ2) is 9.45. The van der Waals surface area contributed by atoms with E-state index < -0.39 is 0 Å². The van der Waals surface area contributed by atoms with Crippen molar-refractivity contribution >= 4 is 0 Å². The van der Waals surface area contributed by atoms with Crippen LogP contribution in [-0.2, 0) is 0 Å². The van der Waals surface area contributed by atoms with Crippen molar-refractivity contribution in [2.45, 2.75) is 53.4 Å². The lowest BCUT2D eigenvalue weighted by Gasteiger charge is -2.15. The van der Waals surface area contributed by atoms with Crippen molar-refractivity contribution in [1.29, 1.82) is 0 Å². The van der Waals surface area contributed by atoms with Gasteiger partial charge in [-0.3, -0.25) is 0 Å². The topological polar surface area (TPSA) is 0 Å². The van der Waals surface area contributed by atoms with Crippen LogP contribution in [0.25, 0.3) is 0 Å². The molecule has 0 heteroatoms.